The van der Waals surface area contributed by atoms with Gasteiger partial charge < -0.3 is 5.32 Å². The average molecular weight is 347 g/mol. The number of anilines is 1. The number of nitrogens with one attached hydrogen (secondary N) is 1. The minimum absolute atomic E-state index is 0.120. The van der Waals surface area contributed by atoms with Gasteiger partial charge in [0.25, 0.3) is 11.8 Å². The summed E-state index contributed by atoms with van der Waals surface area (Å²) in [5.41, 5.74) is 2.21. The number of rotatable bonds is 3. The molecule has 1 aliphatic rings. The van der Waals surface area contributed by atoms with Crippen molar-refractivity contribution in [1.82, 2.24) is 15.1 Å². The van der Waals surface area contributed by atoms with Crippen molar-refractivity contribution < 1.29 is 9.59 Å². The molecule has 0 aliphatic carbocycles. The molecule has 1 unspecified atom stereocenters. The Morgan fingerprint density at radius 3 is 2.67 bits per heavy atom. The highest BCUT2D eigenvalue weighted by Crippen LogP contribution is 2.22. The topological polar surface area (TPSA) is 67.2 Å². The van der Waals surface area contributed by atoms with Gasteiger partial charge in [0.1, 0.15) is 11.9 Å². The normalized spacial score (nSPS) is 17.4. The lowest BCUT2D eigenvalue weighted by atomic mass is 10.1. The SMILES string of the molecule is Cc1cc(Cl)cc(C(=O)NC2CCN(c3cc(C)nn3C)C2=O)c1. The molecule has 1 aromatic heterocycles. The van der Waals surface area contributed by atoms with Crippen molar-refractivity contribution in [3.8, 4) is 0 Å². The van der Waals surface area contributed by atoms with Crippen molar-refractivity contribution in [1.29, 1.82) is 0 Å². The largest absolute Gasteiger partial charge is 0.340 e. The minimum atomic E-state index is -0.535. The lowest BCUT2D eigenvalue weighted by molar-refractivity contribution is -0.118. The maximum atomic E-state index is 12.6. The van der Waals surface area contributed by atoms with Crippen LogP contribution < -0.4 is 10.2 Å². The van der Waals surface area contributed by atoms with E-state index in [9.17, 15) is 9.59 Å². The van der Waals surface area contributed by atoms with Crippen LogP contribution in [0.2, 0.25) is 5.02 Å². The van der Waals surface area contributed by atoms with Gasteiger partial charge in [0.15, 0.2) is 0 Å². The highest BCUT2D eigenvalue weighted by molar-refractivity contribution is 6.31. The number of nitrogens with zero attached hydrogens (tertiary/aromatic N) is 3. The molecule has 0 spiro atoms. The quantitative estimate of drug-likeness (QED) is 0.926. The summed E-state index contributed by atoms with van der Waals surface area (Å²) in [5.74, 6) is 0.333. The van der Waals surface area contributed by atoms with Gasteiger partial charge in [0, 0.05) is 30.2 Å². The molecule has 1 saturated heterocycles. The van der Waals surface area contributed by atoms with Crippen LogP contribution in [0, 0.1) is 13.8 Å². The molecular weight excluding hydrogens is 328 g/mol. The Morgan fingerprint density at radius 2 is 2.04 bits per heavy atom. The summed E-state index contributed by atoms with van der Waals surface area (Å²) in [5, 5.41) is 7.58. The van der Waals surface area contributed by atoms with E-state index in [2.05, 4.69) is 10.4 Å². The monoisotopic (exact) mass is 346 g/mol. The van der Waals surface area contributed by atoms with E-state index in [1.807, 2.05) is 19.9 Å². The van der Waals surface area contributed by atoms with Crippen LogP contribution in [0.25, 0.3) is 0 Å². The Kier molecular flexibility index (Phi) is 4.32. The Labute approximate surface area is 145 Å². The number of benzene rings is 1. The number of hydrogen-bond acceptors (Lipinski definition) is 3. The Morgan fingerprint density at radius 1 is 1.29 bits per heavy atom. The minimum Gasteiger partial charge on any atom is -0.340 e. The molecule has 126 valence electrons. The second-order valence-corrected chi connectivity index (χ2v) is 6.53. The zero-order valence-electron chi connectivity index (χ0n) is 13.8. The van der Waals surface area contributed by atoms with Gasteiger partial charge in [-0.1, -0.05) is 11.6 Å². The Hall–Kier alpha value is -2.34. The third-order valence-electron chi connectivity index (χ3n) is 4.07. The van der Waals surface area contributed by atoms with Gasteiger partial charge in [-0.2, -0.15) is 5.10 Å². The molecule has 1 fully saturated rings. The van der Waals surface area contributed by atoms with Crippen LogP contribution in [0.4, 0.5) is 5.82 Å². The fraction of sp³-hybridized carbons (Fsp3) is 0.353. The molecule has 0 saturated carbocycles. The second-order valence-electron chi connectivity index (χ2n) is 6.09. The molecule has 7 heteroatoms. The van der Waals surface area contributed by atoms with E-state index in [0.717, 1.165) is 17.1 Å². The average Bonchev–Trinajstić information content (AvgIpc) is 3.00. The molecule has 0 bridgehead atoms. The molecule has 6 nitrogen and oxygen atoms in total. The summed E-state index contributed by atoms with van der Waals surface area (Å²) in [4.78, 5) is 26.7. The van der Waals surface area contributed by atoms with Crippen molar-refractivity contribution in [3.05, 3.63) is 46.1 Å². The van der Waals surface area contributed by atoms with Crippen LogP contribution >= 0.6 is 11.6 Å². The molecule has 1 N–H and O–H groups in total. The number of carbonyl (C=O) groups excluding carboxylic acids is 2. The van der Waals surface area contributed by atoms with Gasteiger partial charge in [-0.3, -0.25) is 19.2 Å². The summed E-state index contributed by atoms with van der Waals surface area (Å²) >= 11 is 6.00. The van der Waals surface area contributed by atoms with Crippen molar-refractivity contribution in [2.45, 2.75) is 26.3 Å². The van der Waals surface area contributed by atoms with Gasteiger partial charge in [0.05, 0.1) is 5.69 Å². The van der Waals surface area contributed by atoms with E-state index < -0.39 is 6.04 Å². The van der Waals surface area contributed by atoms with Crippen LogP contribution in [0.3, 0.4) is 0 Å². The zero-order valence-corrected chi connectivity index (χ0v) is 14.6. The second kappa shape index (κ2) is 6.28. The highest BCUT2D eigenvalue weighted by Gasteiger charge is 2.35. The van der Waals surface area contributed by atoms with Crippen LogP contribution in [0.5, 0.6) is 0 Å². The van der Waals surface area contributed by atoms with Crippen molar-refractivity contribution in [2.24, 2.45) is 7.05 Å². The molecular formula is C17H19ClN4O2. The van der Waals surface area contributed by atoms with E-state index in [-0.39, 0.29) is 11.8 Å². The van der Waals surface area contributed by atoms with Crippen LogP contribution in [-0.4, -0.2) is 34.2 Å². The number of aromatic nitrogens is 2. The fourth-order valence-corrected chi connectivity index (χ4v) is 3.29. The van der Waals surface area contributed by atoms with Crippen molar-refractivity contribution in [3.63, 3.8) is 0 Å². The highest BCUT2D eigenvalue weighted by atomic mass is 35.5. The van der Waals surface area contributed by atoms with Gasteiger partial charge >= 0.3 is 0 Å². The predicted octanol–water partition coefficient (Wildman–Crippen LogP) is 2.23. The van der Waals surface area contributed by atoms with Crippen LogP contribution in [0.1, 0.15) is 28.0 Å². The fourth-order valence-electron chi connectivity index (χ4n) is 3.00. The van der Waals surface area contributed by atoms with E-state index in [0.29, 0.717) is 23.6 Å². The van der Waals surface area contributed by atoms with Gasteiger partial charge in [-0.25, -0.2) is 0 Å². The van der Waals surface area contributed by atoms with Gasteiger partial charge in [-0.05, 0) is 44.0 Å². The molecule has 1 aliphatic heterocycles. The first kappa shape index (κ1) is 16.5. The summed E-state index contributed by atoms with van der Waals surface area (Å²) in [6.45, 7) is 4.30. The standard InChI is InChI=1S/C17H19ClN4O2/c1-10-6-12(9-13(18)7-10)16(23)19-14-4-5-22(17(14)24)15-8-11(2)20-21(15)3/h6-9,14H,4-5H2,1-3H3,(H,19,23). The molecule has 24 heavy (non-hydrogen) atoms. The molecule has 1 atom stereocenters. The molecule has 2 heterocycles. The summed E-state index contributed by atoms with van der Waals surface area (Å²) in [6, 6.07) is 6.47. The lowest BCUT2D eigenvalue weighted by Gasteiger charge is -2.17. The number of hydrogen-bond donors (Lipinski definition) is 1. The third kappa shape index (κ3) is 3.14. The molecule has 1 aromatic carbocycles. The van der Waals surface area contributed by atoms with Crippen LogP contribution in [0.15, 0.2) is 24.3 Å². The predicted molar refractivity (Wildman–Crippen MR) is 92.4 cm³/mol. The van der Waals surface area contributed by atoms with E-state index in [1.165, 1.54) is 0 Å². The van der Waals surface area contributed by atoms with Gasteiger partial charge in [0.2, 0.25) is 0 Å². The van der Waals surface area contributed by atoms with Crippen LogP contribution in [-0.2, 0) is 11.8 Å². The number of halogens is 1. The molecule has 0 radical (unpaired) electrons. The number of amides is 2. The van der Waals surface area contributed by atoms with Crippen molar-refractivity contribution in [2.75, 3.05) is 11.4 Å². The van der Waals surface area contributed by atoms with Gasteiger partial charge in [-0.15, -0.1) is 0 Å². The maximum Gasteiger partial charge on any atom is 0.251 e. The van der Waals surface area contributed by atoms with Crippen molar-refractivity contribution >= 4 is 29.2 Å². The van der Waals surface area contributed by atoms with E-state index in [4.69, 9.17) is 11.6 Å². The number of carbonyl (C=O) groups is 2. The molecule has 3 rings (SSSR count). The third-order valence-corrected chi connectivity index (χ3v) is 4.29. The Balaban J connectivity index is 1.74. The van der Waals surface area contributed by atoms with E-state index >= 15 is 0 Å². The number of aryl methyl sites for hydroxylation is 3. The summed E-state index contributed by atoms with van der Waals surface area (Å²) < 4.78 is 1.68. The zero-order chi connectivity index (χ0) is 17.4. The first-order valence-corrected chi connectivity index (χ1v) is 8.13. The molecule has 2 aromatic rings. The first-order valence-electron chi connectivity index (χ1n) is 7.75. The molecule has 2 amide bonds. The van der Waals surface area contributed by atoms with E-state index in [1.54, 1.807) is 34.8 Å². The smallest absolute Gasteiger partial charge is 0.251 e. The Bertz CT molecular complexity index is 795. The summed E-state index contributed by atoms with van der Waals surface area (Å²) in [7, 11) is 1.80. The maximum absolute atomic E-state index is 12.6. The lowest BCUT2D eigenvalue weighted by Crippen LogP contribution is -2.42. The first-order chi connectivity index (χ1) is 11.3. The summed E-state index contributed by atoms with van der Waals surface area (Å²) in [6.07, 6.45) is 0.564.